The molecule has 0 aromatic heterocycles. The molecule has 0 N–H and O–H groups in total. The number of nitrogens with zero attached hydrogens (tertiary/aromatic N) is 2. The van der Waals surface area contributed by atoms with E-state index in [0.29, 0.717) is 5.92 Å². The third-order valence-corrected chi connectivity index (χ3v) is 8.72. The quantitative estimate of drug-likeness (QED) is 0.345. The van der Waals surface area contributed by atoms with Crippen LogP contribution in [-0.2, 0) is 4.74 Å². The first-order chi connectivity index (χ1) is 17.9. The number of hydrogen-bond donors (Lipinski definition) is 0. The maximum absolute atomic E-state index is 5.35. The molecule has 0 radical (unpaired) electrons. The fourth-order valence-electron chi connectivity index (χ4n) is 5.90. The second-order valence-electron chi connectivity index (χ2n) is 11.7. The van der Waals surface area contributed by atoms with Crippen LogP contribution in [0.2, 0.25) is 0 Å². The lowest BCUT2D eigenvalue weighted by molar-refractivity contribution is 0.185. The molecular formula is C34H48N2O. The summed E-state index contributed by atoms with van der Waals surface area (Å²) in [7, 11) is 1.79. The smallest absolute Gasteiger partial charge is 0.0467 e. The third-order valence-electron chi connectivity index (χ3n) is 8.72. The Morgan fingerprint density at radius 1 is 0.973 bits per heavy atom. The van der Waals surface area contributed by atoms with E-state index in [0.717, 1.165) is 44.4 Å². The summed E-state index contributed by atoms with van der Waals surface area (Å²) in [5.41, 5.74) is 9.81. The first kappa shape index (κ1) is 27.5. The van der Waals surface area contributed by atoms with E-state index >= 15 is 0 Å². The Labute approximate surface area is 226 Å². The molecule has 0 amide bonds. The van der Waals surface area contributed by atoms with Crippen molar-refractivity contribution >= 4 is 16.9 Å². The molecular weight excluding hydrogens is 452 g/mol. The standard InChI is InChI=1S/C34H48N2O/c1-25(2)29-13-17-35(18-14-29)32-11-8-12-33(23-32)36-19-15-31(24-36)34(30-10-7-9-26(3)21-30)22-28(5)27(4)16-20-37-6/h7-12,21-23,25,27,29H,13-20,24H2,1-6H3/b28-22+,34-31+. The van der Waals surface area contributed by atoms with Crippen molar-refractivity contribution in [1.82, 2.24) is 0 Å². The number of benzene rings is 2. The van der Waals surface area contributed by atoms with Crippen molar-refractivity contribution < 1.29 is 4.74 Å². The molecule has 0 aliphatic carbocycles. The summed E-state index contributed by atoms with van der Waals surface area (Å²) in [5.74, 6) is 2.18. The predicted octanol–water partition coefficient (Wildman–Crippen LogP) is 8.15. The van der Waals surface area contributed by atoms with Crippen LogP contribution in [0.3, 0.4) is 0 Å². The van der Waals surface area contributed by atoms with Crippen LogP contribution in [0.15, 0.2) is 65.8 Å². The van der Waals surface area contributed by atoms with Crippen molar-refractivity contribution in [3.8, 4) is 0 Å². The molecule has 0 saturated carbocycles. The molecule has 2 aliphatic rings. The molecule has 37 heavy (non-hydrogen) atoms. The first-order valence-corrected chi connectivity index (χ1v) is 14.4. The van der Waals surface area contributed by atoms with Crippen LogP contribution in [0.5, 0.6) is 0 Å². The van der Waals surface area contributed by atoms with Gasteiger partial charge in [-0.25, -0.2) is 0 Å². The minimum Gasteiger partial charge on any atom is -0.385 e. The lowest BCUT2D eigenvalue weighted by atomic mass is 9.86. The van der Waals surface area contributed by atoms with E-state index in [9.17, 15) is 0 Å². The minimum absolute atomic E-state index is 0.509. The van der Waals surface area contributed by atoms with Gasteiger partial charge in [0.15, 0.2) is 0 Å². The van der Waals surface area contributed by atoms with Gasteiger partial charge in [-0.2, -0.15) is 0 Å². The molecule has 2 aromatic rings. The molecule has 1 unspecified atom stereocenters. The van der Waals surface area contributed by atoms with Gasteiger partial charge in [-0.1, -0.05) is 68.3 Å². The number of rotatable bonds is 9. The van der Waals surface area contributed by atoms with Gasteiger partial charge in [0.1, 0.15) is 0 Å². The lowest BCUT2D eigenvalue weighted by Crippen LogP contribution is -2.35. The first-order valence-electron chi connectivity index (χ1n) is 14.4. The summed E-state index contributed by atoms with van der Waals surface area (Å²) < 4.78 is 5.35. The van der Waals surface area contributed by atoms with Gasteiger partial charge in [0.2, 0.25) is 0 Å². The second-order valence-corrected chi connectivity index (χ2v) is 11.7. The van der Waals surface area contributed by atoms with Crippen LogP contribution in [0.4, 0.5) is 11.4 Å². The third kappa shape index (κ3) is 7.08. The number of ether oxygens (including phenoxy) is 1. The van der Waals surface area contributed by atoms with Crippen LogP contribution in [0.1, 0.15) is 64.5 Å². The fourth-order valence-corrected chi connectivity index (χ4v) is 5.90. The fraction of sp³-hybridized carbons (Fsp3) is 0.529. The summed E-state index contributed by atoms with van der Waals surface area (Å²) in [4.78, 5) is 5.17. The Hall–Kier alpha value is -2.52. The van der Waals surface area contributed by atoms with Crippen LogP contribution >= 0.6 is 0 Å². The van der Waals surface area contributed by atoms with Crippen LogP contribution < -0.4 is 9.80 Å². The highest BCUT2D eigenvalue weighted by atomic mass is 16.5. The van der Waals surface area contributed by atoms with E-state index < -0.39 is 0 Å². The van der Waals surface area contributed by atoms with E-state index in [4.69, 9.17) is 4.74 Å². The largest absolute Gasteiger partial charge is 0.385 e. The van der Waals surface area contributed by atoms with Crippen molar-refractivity contribution in [3.05, 3.63) is 76.9 Å². The monoisotopic (exact) mass is 500 g/mol. The van der Waals surface area contributed by atoms with E-state index in [1.165, 1.54) is 59.6 Å². The maximum Gasteiger partial charge on any atom is 0.0467 e. The molecule has 2 aliphatic heterocycles. The SMILES string of the molecule is COCCC(C)/C(C)=C/C(=C1/CCN(c2cccc(N3CCC(C(C)C)CC3)c2)C1)c1cccc(C)c1. The Morgan fingerprint density at radius 3 is 2.35 bits per heavy atom. The highest BCUT2D eigenvalue weighted by Gasteiger charge is 2.24. The molecule has 2 fully saturated rings. The highest BCUT2D eigenvalue weighted by Crippen LogP contribution is 2.35. The molecule has 0 bridgehead atoms. The molecule has 3 heteroatoms. The second kappa shape index (κ2) is 12.8. The van der Waals surface area contributed by atoms with Crippen molar-refractivity contribution in [1.29, 1.82) is 0 Å². The van der Waals surface area contributed by atoms with Gasteiger partial charge in [-0.15, -0.1) is 0 Å². The van der Waals surface area contributed by atoms with Gasteiger partial charge in [-0.05, 0) is 92.2 Å². The van der Waals surface area contributed by atoms with Crippen molar-refractivity contribution in [2.24, 2.45) is 17.8 Å². The summed E-state index contributed by atoms with van der Waals surface area (Å²) in [6.45, 7) is 16.8. The molecule has 1 atom stereocenters. The summed E-state index contributed by atoms with van der Waals surface area (Å²) >= 11 is 0. The zero-order valence-electron chi connectivity index (χ0n) is 24.1. The van der Waals surface area contributed by atoms with Crippen molar-refractivity contribution in [2.75, 3.05) is 49.7 Å². The van der Waals surface area contributed by atoms with Crippen molar-refractivity contribution in [3.63, 3.8) is 0 Å². The molecule has 0 spiro atoms. The van der Waals surface area contributed by atoms with Gasteiger partial charge >= 0.3 is 0 Å². The highest BCUT2D eigenvalue weighted by molar-refractivity contribution is 5.79. The normalized spacial score (nSPS) is 19.6. The summed E-state index contributed by atoms with van der Waals surface area (Å²) in [6.07, 6.45) is 7.26. The molecule has 2 aromatic carbocycles. The molecule has 4 rings (SSSR count). The van der Waals surface area contributed by atoms with Gasteiger partial charge in [0.05, 0.1) is 0 Å². The predicted molar refractivity (Wildman–Crippen MR) is 161 cm³/mol. The number of allylic oxidation sites excluding steroid dienone is 3. The minimum atomic E-state index is 0.509. The average molecular weight is 501 g/mol. The number of methoxy groups -OCH3 is 1. The Morgan fingerprint density at radius 2 is 1.68 bits per heavy atom. The number of anilines is 2. The molecule has 200 valence electrons. The van der Waals surface area contributed by atoms with Gasteiger partial charge in [-0.3, -0.25) is 0 Å². The molecule has 3 nitrogen and oxygen atoms in total. The molecule has 2 heterocycles. The zero-order valence-corrected chi connectivity index (χ0v) is 24.1. The number of aryl methyl sites for hydroxylation is 1. The van der Waals surface area contributed by atoms with E-state index in [1.807, 2.05) is 0 Å². The van der Waals surface area contributed by atoms with E-state index in [1.54, 1.807) is 12.7 Å². The van der Waals surface area contributed by atoms with E-state index in [-0.39, 0.29) is 0 Å². The van der Waals surface area contributed by atoms with Crippen LogP contribution in [-0.4, -0.2) is 39.9 Å². The van der Waals surface area contributed by atoms with Gasteiger partial charge < -0.3 is 14.5 Å². The summed E-state index contributed by atoms with van der Waals surface area (Å²) in [6, 6.07) is 18.3. The summed E-state index contributed by atoms with van der Waals surface area (Å²) in [5, 5.41) is 0. The Bertz CT molecular complexity index is 1090. The average Bonchev–Trinajstić information content (AvgIpc) is 3.40. The topological polar surface area (TPSA) is 15.7 Å². The maximum atomic E-state index is 5.35. The molecule has 2 saturated heterocycles. The van der Waals surface area contributed by atoms with Crippen LogP contribution in [0, 0.1) is 24.7 Å². The Kier molecular flexibility index (Phi) is 9.54. The Balaban J connectivity index is 1.56. The van der Waals surface area contributed by atoms with Crippen LogP contribution in [0.25, 0.3) is 5.57 Å². The van der Waals surface area contributed by atoms with Gasteiger partial charge in [0, 0.05) is 51.3 Å². The zero-order chi connectivity index (χ0) is 26.4. The van der Waals surface area contributed by atoms with Crippen molar-refractivity contribution in [2.45, 2.75) is 60.3 Å². The number of hydrogen-bond acceptors (Lipinski definition) is 3. The van der Waals surface area contributed by atoms with Gasteiger partial charge in [0.25, 0.3) is 0 Å². The lowest BCUT2D eigenvalue weighted by Gasteiger charge is -2.35. The van der Waals surface area contributed by atoms with E-state index in [2.05, 4.69) is 99.0 Å². The number of piperidine rings is 1.